The SMILES string of the molecule is CC(=O)OC1C(C)OC(OC2C(C)OC(OC(=O)[C@]34CCC(C)(C)CC3C3=CCC5[C@@]6(C)CC[C@H](OC7OC(C(=O)O)C(O)C(OC8OCC(O)C(O)C8O)C7OC7OC(CO)C(O)C(O)C7O)[C@@](C)(/C=N/NC(=O)CCCCCN7C(=O)CC(SCCO)C7=O)C6CC[C@@]5(C)[C@]3(C)C[C@H]4O)C(OC3OC(C)C(OC4OCC(O)C(OC5OC(CO)C(O)C(O)C5O)C4O)C(O)C3O)C2O)C(O)C1OCC1OCC2OOC2CC1O. The van der Waals surface area contributed by atoms with Crippen LogP contribution in [-0.4, -0.2) is 493 Å². The summed E-state index contributed by atoms with van der Waals surface area (Å²) in [6.07, 6.45) is -71.1. The van der Waals surface area contributed by atoms with E-state index in [1.54, 1.807) is 0 Å². The van der Waals surface area contributed by atoms with Gasteiger partial charge in [-0.15, -0.1) is 11.8 Å². The molecular formula is C97H151N3O49S. The van der Waals surface area contributed by atoms with E-state index in [4.69, 9.17) is 99.8 Å². The number of likely N-dealkylation sites (tertiary alicyclic amines) is 1. The van der Waals surface area contributed by atoms with Gasteiger partial charge in [0.1, 0.15) is 170 Å². The Bertz CT molecular complexity index is 4660. The predicted molar refractivity (Wildman–Crippen MR) is 497 cm³/mol. The fourth-order valence-corrected chi connectivity index (χ4v) is 27.0. The molecule has 11 saturated heterocycles. The van der Waals surface area contributed by atoms with Crippen LogP contribution in [0.5, 0.6) is 0 Å². The number of aliphatic hydroxyl groups excluding tert-OH is 21. The van der Waals surface area contributed by atoms with Crippen LogP contribution in [0.2, 0.25) is 0 Å². The van der Waals surface area contributed by atoms with Crippen molar-refractivity contribution in [3.05, 3.63) is 11.6 Å². The highest BCUT2D eigenvalue weighted by molar-refractivity contribution is 8.00. The summed E-state index contributed by atoms with van der Waals surface area (Å²) in [5.41, 5.74) is -3.07. The lowest BCUT2D eigenvalue weighted by molar-refractivity contribution is -0.467. The number of rotatable bonds is 34. The molecule has 16 aliphatic rings. The summed E-state index contributed by atoms with van der Waals surface area (Å²) in [5, 5.41) is 253. The Kier molecular flexibility index (Phi) is 37.3. The van der Waals surface area contributed by atoms with Crippen molar-refractivity contribution in [3.63, 3.8) is 0 Å². The monoisotopic (exact) mass is 2170 g/mol. The van der Waals surface area contributed by atoms with Gasteiger partial charge in [-0.3, -0.25) is 28.9 Å². The number of carboxylic acids is 1. The molecule has 0 aromatic heterocycles. The molecule has 854 valence electrons. The highest BCUT2D eigenvalue weighted by atomic mass is 32.2. The smallest absolute Gasteiger partial charge is 0.335 e. The van der Waals surface area contributed by atoms with Crippen LogP contribution in [0, 0.1) is 50.2 Å². The number of imide groups is 1. The first kappa shape index (κ1) is 118. The lowest BCUT2D eigenvalue weighted by Crippen LogP contribution is -2.69. The number of carbonyl (C=O) groups is 6. The Morgan fingerprint density at radius 1 is 0.513 bits per heavy atom. The number of carboxylic acid groups (broad SMARTS) is 1. The maximum absolute atomic E-state index is 16.7. The highest BCUT2D eigenvalue weighted by Crippen LogP contribution is 2.76. The van der Waals surface area contributed by atoms with E-state index in [2.05, 4.69) is 37.4 Å². The third-order valence-electron chi connectivity index (χ3n) is 34.9. The van der Waals surface area contributed by atoms with E-state index in [1.165, 1.54) is 43.6 Å². The average Bonchev–Trinajstić information content (AvgIpc) is 0.767. The number of hydrogen-bond acceptors (Lipinski definition) is 50. The van der Waals surface area contributed by atoms with Crippen LogP contribution in [0.25, 0.3) is 0 Å². The number of esters is 2. The van der Waals surface area contributed by atoms with Gasteiger partial charge in [-0.05, 0) is 131 Å². The molecule has 0 aromatic carbocycles. The number of thioether (sulfide) groups is 1. The molecule has 4 saturated carbocycles. The van der Waals surface area contributed by atoms with E-state index in [-0.39, 0.29) is 101 Å². The van der Waals surface area contributed by atoms with E-state index in [9.17, 15) is 136 Å². The summed E-state index contributed by atoms with van der Waals surface area (Å²) < 4.78 is 117. The first-order valence-electron chi connectivity index (χ1n) is 51.9. The number of fused-ring (bicyclic) bond motifs is 8. The number of aliphatic hydroxyl groups is 21. The molecule has 0 radical (unpaired) electrons. The van der Waals surface area contributed by atoms with Crippen molar-refractivity contribution in [3.8, 4) is 0 Å². The third-order valence-corrected chi connectivity index (χ3v) is 36.1. The molecule has 16 rings (SSSR count). The van der Waals surface area contributed by atoms with Crippen LogP contribution in [-0.2, 0) is 129 Å². The zero-order chi connectivity index (χ0) is 109. The van der Waals surface area contributed by atoms with Crippen LogP contribution in [0.4, 0.5) is 0 Å². The van der Waals surface area contributed by atoms with E-state index in [1.807, 2.05) is 20.8 Å². The molecule has 5 aliphatic carbocycles. The number of unbranched alkanes of at least 4 members (excludes halogenated alkanes) is 2. The number of ether oxygens (including phenoxy) is 19. The molecule has 53 heteroatoms. The molecule has 46 unspecified atom stereocenters. The maximum Gasteiger partial charge on any atom is 0.335 e. The normalized spacial score (nSPS) is 49.8. The Morgan fingerprint density at radius 3 is 1.73 bits per heavy atom. The Labute approximate surface area is 867 Å². The second kappa shape index (κ2) is 47.6. The number of nitrogens with one attached hydrogen (secondary N) is 1. The van der Waals surface area contributed by atoms with Gasteiger partial charge < -0.3 is 202 Å². The standard InChI is InChI=1S/C97H151N3O49S/c1-37-72(140-84-70(123)75(45(107)33-132-84)142-86-65(118)61(114)59(112)47(30-102)137-86)63(116)67(120)85(133-37)145-79-68(121)73(141-88-71(124)76(74(39(3)134-88)136-40(4)104)130-34-49-43(105)26-46-50(35-129-49)149-148-46)38(2)135-89(79)147-91(128)97-22-21-92(5,6)28-42(97)41-15-16-53-93(7)19-18-55(139-90-80(146-87-66(119)62(115)60(113)48(31-103)138-87)77(69(122)78(144-90)82(126)127)143-83-64(117)58(111)44(106)32-131-83)94(8,52(93)17-20-95(53,9)96(41,10)29-54(97)108)36-98-99-56(109)14-12-11-13-23-100-57(110)27-51(81(100)125)150-25-24-101/h15,36-39,42-55,58-80,83-90,101-103,105-108,111-124H,11-14,16-35H2,1-10H3,(H,99,109)(H,126,127)/b98-36+/t37?,38?,39?,42?,43?,44?,45?,46?,47?,48?,49?,50?,51?,52?,53?,54-,55+,58?,59?,60?,61?,62?,63?,64?,65?,66?,67?,68?,69?,70?,71?,72?,73?,74?,75?,76?,77?,78?,79?,80?,83?,84?,85?,86?,87?,88?,89?,90?,93+,94+,95-,96-,97-/m1/s1. The van der Waals surface area contributed by atoms with Crippen molar-refractivity contribution in [2.45, 2.75) is 441 Å². The van der Waals surface area contributed by atoms with E-state index >= 15 is 4.79 Å². The fraction of sp³-hybridized carbons (Fsp3) is 0.907. The second-order valence-electron chi connectivity index (χ2n) is 44.9. The van der Waals surface area contributed by atoms with Gasteiger partial charge in [-0.2, -0.15) is 5.10 Å². The first-order valence-corrected chi connectivity index (χ1v) is 52.9. The van der Waals surface area contributed by atoms with Crippen LogP contribution < -0.4 is 5.43 Å². The first-order chi connectivity index (χ1) is 70.9. The molecule has 11 heterocycles. The summed E-state index contributed by atoms with van der Waals surface area (Å²) in [5.74, 6) is -6.40. The minimum atomic E-state index is -2.32. The number of carbonyl (C=O) groups excluding carboxylic acids is 5. The molecule has 23 N–H and O–H groups in total. The molecule has 3 amide bonds. The van der Waals surface area contributed by atoms with Gasteiger partial charge in [-0.25, -0.2) is 20.0 Å². The Balaban J connectivity index is 0.693. The van der Waals surface area contributed by atoms with Gasteiger partial charge in [0.25, 0.3) is 0 Å². The van der Waals surface area contributed by atoms with Crippen LogP contribution in [0.1, 0.15) is 166 Å². The average molecular weight is 2180 g/mol. The number of hydrazone groups is 1. The van der Waals surface area contributed by atoms with Gasteiger partial charge >= 0.3 is 17.9 Å². The largest absolute Gasteiger partial charge is 0.479 e. The van der Waals surface area contributed by atoms with Crippen molar-refractivity contribution in [2.24, 2.45) is 55.3 Å². The van der Waals surface area contributed by atoms with Crippen LogP contribution in [0.15, 0.2) is 16.8 Å². The van der Waals surface area contributed by atoms with Gasteiger partial charge in [0.15, 0.2) is 62.3 Å². The van der Waals surface area contributed by atoms with Crippen molar-refractivity contribution in [2.75, 3.05) is 58.5 Å². The second-order valence-corrected chi connectivity index (χ2v) is 46.2. The molecule has 0 spiro atoms. The fourth-order valence-electron chi connectivity index (χ4n) is 26.1. The molecule has 0 bridgehead atoms. The zero-order valence-corrected chi connectivity index (χ0v) is 85.8. The lowest BCUT2D eigenvalue weighted by Gasteiger charge is -2.71. The molecule has 53 atom stereocenters. The Morgan fingerprint density at radius 2 is 1.09 bits per heavy atom. The summed E-state index contributed by atoms with van der Waals surface area (Å²) in [7, 11) is 0. The van der Waals surface area contributed by atoms with Gasteiger partial charge in [0, 0.05) is 50.1 Å². The predicted octanol–water partition coefficient (Wildman–Crippen LogP) is -7.38. The maximum atomic E-state index is 16.7. The highest BCUT2D eigenvalue weighted by Gasteiger charge is 2.74. The van der Waals surface area contributed by atoms with Crippen molar-refractivity contribution in [1.29, 1.82) is 0 Å². The summed E-state index contributed by atoms with van der Waals surface area (Å²) in [6.45, 7) is 14.0. The quantitative estimate of drug-likeness (QED) is 0.00416. The molecule has 52 nitrogen and oxygen atoms in total. The summed E-state index contributed by atoms with van der Waals surface area (Å²) in [4.78, 5) is 94.6. The molecule has 11 aliphatic heterocycles. The minimum absolute atomic E-state index is 0.00252. The van der Waals surface area contributed by atoms with Gasteiger partial charge in [0.05, 0.1) is 88.1 Å². The van der Waals surface area contributed by atoms with Crippen LogP contribution >= 0.6 is 11.8 Å². The molecular weight excluding hydrogens is 2020 g/mol. The van der Waals surface area contributed by atoms with Gasteiger partial charge in [0.2, 0.25) is 24.0 Å². The summed E-state index contributed by atoms with van der Waals surface area (Å²) in [6, 6.07) is 0. The number of nitrogens with zero attached hydrogens (tertiary/aromatic N) is 2. The topological polar surface area (TPSA) is 769 Å². The minimum Gasteiger partial charge on any atom is -0.479 e. The lowest BCUT2D eigenvalue weighted by atomic mass is 9.33. The van der Waals surface area contributed by atoms with Crippen molar-refractivity contribution < 1.29 is 241 Å². The van der Waals surface area contributed by atoms with E-state index in [0.717, 1.165) is 12.5 Å². The third kappa shape index (κ3) is 22.8. The van der Waals surface area contributed by atoms with Crippen LogP contribution in [0.3, 0.4) is 0 Å². The number of hydrogen-bond donors (Lipinski definition) is 23. The number of allylic oxidation sites excluding steroid dienone is 2. The number of aliphatic carboxylic acids is 1. The number of amides is 3. The van der Waals surface area contributed by atoms with Crippen molar-refractivity contribution in [1.82, 2.24) is 10.3 Å². The molecule has 15 fully saturated rings. The molecule has 150 heavy (non-hydrogen) atoms. The van der Waals surface area contributed by atoms with E-state index in [0.29, 0.717) is 38.5 Å². The van der Waals surface area contributed by atoms with E-state index < -0.39 is 376 Å². The Hall–Kier alpha value is -4.82. The summed E-state index contributed by atoms with van der Waals surface area (Å²) >= 11 is 1.19. The zero-order valence-electron chi connectivity index (χ0n) is 85.0. The van der Waals surface area contributed by atoms with Gasteiger partial charge in [-0.1, -0.05) is 59.6 Å². The van der Waals surface area contributed by atoms with Crippen molar-refractivity contribution >= 4 is 53.6 Å². The molecule has 0 aromatic rings.